The summed E-state index contributed by atoms with van der Waals surface area (Å²) in [4.78, 5) is 2.44. The van der Waals surface area contributed by atoms with Crippen LogP contribution in [0.1, 0.15) is 30.5 Å². The molecule has 0 radical (unpaired) electrons. The predicted octanol–water partition coefficient (Wildman–Crippen LogP) is 3.50. The molecule has 0 amide bonds. The van der Waals surface area contributed by atoms with Crippen LogP contribution in [0.3, 0.4) is 0 Å². The van der Waals surface area contributed by atoms with Gasteiger partial charge in [0.2, 0.25) is 0 Å². The molecule has 0 bridgehead atoms. The van der Waals surface area contributed by atoms with Crippen molar-refractivity contribution in [1.29, 1.82) is 0 Å². The van der Waals surface area contributed by atoms with Crippen LogP contribution < -0.4 is 5.32 Å². The van der Waals surface area contributed by atoms with E-state index in [1.165, 1.54) is 10.6 Å². The summed E-state index contributed by atoms with van der Waals surface area (Å²) in [6.07, 6.45) is 0. The van der Waals surface area contributed by atoms with Gasteiger partial charge in [0.15, 0.2) is 0 Å². The van der Waals surface area contributed by atoms with Gasteiger partial charge in [-0.05, 0) is 33.8 Å². The van der Waals surface area contributed by atoms with Gasteiger partial charge in [-0.15, -0.1) is 11.3 Å². The molecule has 0 aromatic carbocycles. The van der Waals surface area contributed by atoms with Crippen LogP contribution in [0.5, 0.6) is 0 Å². The van der Waals surface area contributed by atoms with Gasteiger partial charge < -0.3 is 5.32 Å². The summed E-state index contributed by atoms with van der Waals surface area (Å²) >= 11 is 1.74. The molecule has 0 spiro atoms. The fourth-order valence-corrected chi connectivity index (χ4v) is 1.92. The van der Waals surface area contributed by atoms with Crippen LogP contribution in [-0.2, 0) is 0 Å². The summed E-state index contributed by atoms with van der Waals surface area (Å²) in [6, 6.07) is 2.11. The van der Waals surface area contributed by atoms with E-state index in [4.69, 9.17) is 0 Å². The molecule has 0 saturated carbocycles. The van der Waals surface area contributed by atoms with Crippen LogP contribution >= 0.6 is 11.3 Å². The first-order valence-corrected chi connectivity index (χ1v) is 5.55. The minimum atomic E-state index is 0.0811. The summed E-state index contributed by atoms with van der Waals surface area (Å²) < 4.78 is 0. The Labute approximate surface area is 90.5 Å². The van der Waals surface area contributed by atoms with E-state index in [9.17, 15) is 0 Å². The largest absolute Gasteiger partial charge is 0.387 e. The summed E-state index contributed by atoms with van der Waals surface area (Å²) in [5.41, 5.74) is 1.27. The third kappa shape index (κ3) is 3.08. The predicted molar refractivity (Wildman–Crippen MR) is 64.9 cm³/mol. The van der Waals surface area contributed by atoms with Crippen molar-refractivity contribution in [1.82, 2.24) is 0 Å². The summed E-state index contributed by atoms with van der Waals surface area (Å²) in [5.74, 6) is 6.44. The Morgan fingerprint density at radius 2 is 2.00 bits per heavy atom. The van der Waals surface area contributed by atoms with Crippen LogP contribution in [0, 0.1) is 24.2 Å². The molecule has 14 heavy (non-hydrogen) atoms. The van der Waals surface area contributed by atoms with Gasteiger partial charge in [-0.2, -0.15) is 0 Å². The Balaban J connectivity index is 2.92. The lowest BCUT2D eigenvalue weighted by molar-refractivity contribution is 0.571. The van der Waals surface area contributed by atoms with Gasteiger partial charge in [0, 0.05) is 23.0 Å². The molecule has 0 aliphatic carbocycles. The van der Waals surface area contributed by atoms with Gasteiger partial charge in [0.25, 0.3) is 0 Å². The topological polar surface area (TPSA) is 12.0 Å². The smallest absolute Gasteiger partial charge is 0.0792 e. The molecule has 1 heterocycles. The van der Waals surface area contributed by atoms with E-state index in [0.29, 0.717) is 0 Å². The molecule has 0 unspecified atom stereocenters. The minimum absolute atomic E-state index is 0.0811. The number of nitrogens with one attached hydrogen (secondary N) is 1. The first-order chi connectivity index (χ1) is 6.42. The maximum atomic E-state index is 3.24. The molecular formula is C12H17NS. The van der Waals surface area contributed by atoms with E-state index in [2.05, 4.69) is 50.9 Å². The second-order valence-corrected chi connectivity index (χ2v) is 5.59. The third-order valence-electron chi connectivity index (χ3n) is 1.75. The van der Waals surface area contributed by atoms with Crippen LogP contribution in [-0.4, -0.2) is 7.05 Å². The van der Waals surface area contributed by atoms with Crippen LogP contribution in [0.4, 0.5) is 5.69 Å². The number of hydrogen-bond donors (Lipinski definition) is 1. The molecule has 0 saturated heterocycles. The quantitative estimate of drug-likeness (QED) is 0.695. The first kappa shape index (κ1) is 11.1. The van der Waals surface area contributed by atoms with Crippen molar-refractivity contribution >= 4 is 17.0 Å². The van der Waals surface area contributed by atoms with Gasteiger partial charge in [-0.3, -0.25) is 0 Å². The van der Waals surface area contributed by atoms with Crippen LogP contribution in [0.2, 0.25) is 0 Å². The van der Waals surface area contributed by atoms with Crippen molar-refractivity contribution in [3.8, 4) is 11.8 Å². The third-order valence-corrected chi connectivity index (χ3v) is 2.71. The van der Waals surface area contributed by atoms with E-state index in [1.807, 2.05) is 7.05 Å². The molecular weight excluding hydrogens is 190 g/mol. The van der Waals surface area contributed by atoms with E-state index >= 15 is 0 Å². The van der Waals surface area contributed by atoms with Gasteiger partial charge in [0.1, 0.15) is 0 Å². The van der Waals surface area contributed by atoms with E-state index < -0.39 is 0 Å². The second-order valence-electron chi connectivity index (χ2n) is 4.33. The molecule has 1 nitrogen and oxygen atoms in total. The molecule has 1 aromatic heterocycles. The van der Waals surface area contributed by atoms with Crippen molar-refractivity contribution in [3.63, 3.8) is 0 Å². The molecule has 1 aromatic rings. The first-order valence-electron chi connectivity index (χ1n) is 4.74. The summed E-state index contributed by atoms with van der Waals surface area (Å²) in [5, 5.41) is 3.16. The molecule has 0 atom stereocenters. The van der Waals surface area contributed by atoms with E-state index in [-0.39, 0.29) is 5.41 Å². The zero-order chi connectivity index (χ0) is 10.8. The number of hydrogen-bond acceptors (Lipinski definition) is 2. The van der Waals surface area contributed by atoms with Gasteiger partial charge in [-0.1, -0.05) is 11.8 Å². The summed E-state index contributed by atoms with van der Waals surface area (Å²) in [6.45, 7) is 8.48. The molecule has 2 heteroatoms. The number of thiophene rings is 1. The minimum Gasteiger partial charge on any atom is -0.387 e. The van der Waals surface area contributed by atoms with Crippen molar-refractivity contribution in [2.24, 2.45) is 5.41 Å². The Hall–Kier alpha value is -0.940. The molecule has 0 fully saturated rings. The standard InChI is InChI=1S/C12H17NS/c1-9-11(13-5)8-10(14-9)6-7-12(2,3)4/h8,13H,1-5H3. The highest BCUT2D eigenvalue weighted by Crippen LogP contribution is 2.25. The summed E-state index contributed by atoms with van der Waals surface area (Å²) in [7, 11) is 1.94. The average Bonchev–Trinajstić information content (AvgIpc) is 2.42. The molecule has 0 aliphatic rings. The highest BCUT2D eigenvalue weighted by atomic mass is 32.1. The lowest BCUT2D eigenvalue weighted by atomic mass is 9.98. The lowest BCUT2D eigenvalue weighted by Gasteiger charge is -2.06. The highest BCUT2D eigenvalue weighted by Gasteiger charge is 2.05. The molecule has 1 N–H and O–H groups in total. The van der Waals surface area contributed by atoms with E-state index in [1.54, 1.807) is 11.3 Å². The van der Waals surface area contributed by atoms with Crippen LogP contribution in [0.15, 0.2) is 6.07 Å². The van der Waals surface area contributed by atoms with Gasteiger partial charge in [-0.25, -0.2) is 0 Å². The highest BCUT2D eigenvalue weighted by molar-refractivity contribution is 7.13. The Morgan fingerprint density at radius 1 is 1.36 bits per heavy atom. The average molecular weight is 207 g/mol. The molecule has 0 aliphatic heterocycles. The van der Waals surface area contributed by atoms with Gasteiger partial charge >= 0.3 is 0 Å². The maximum Gasteiger partial charge on any atom is 0.0792 e. The Kier molecular flexibility index (Phi) is 3.23. The Bertz CT molecular complexity index is 371. The van der Waals surface area contributed by atoms with Crippen molar-refractivity contribution < 1.29 is 0 Å². The van der Waals surface area contributed by atoms with Crippen LogP contribution in [0.25, 0.3) is 0 Å². The van der Waals surface area contributed by atoms with Gasteiger partial charge in [0.05, 0.1) is 4.88 Å². The molecule has 1 rings (SSSR count). The number of rotatable bonds is 1. The van der Waals surface area contributed by atoms with Crippen molar-refractivity contribution in [3.05, 3.63) is 15.8 Å². The monoisotopic (exact) mass is 207 g/mol. The molecule has 76 valence electrons. The zero-order valence-corrected chi connectivity index (χ0v) is 10.3. The van der Waals surface area contributed by atoms with E-state index in [0.717, 1.165) is 4.88 Å². The fourth-order valence-electron chi connectivity index (χ4n) is 1.04. The number of anilines is 1. The lowest BCUT2D eigenvalue weighted by Crippen LogP contribution is -1.98. The normalized spacial score (nSPS) is 10.6. The Morgan fingerprint density at radius 3 is 2.43 bits per heavy atom. The zero-order valence-electron chi connectivity index (χ0n) is 9.49. The maximum absolute atomic E-state index is 3.24. The van der Waals surface area contributed by atoms with Crippen molar-refractivity contribution in [2.75, 3.05) is 12.4 Å². The SMILES string of the molecule is CNc1cc(C#CC(C)(C)C)sc1C. The fraction of sp³-hybridized carbons (Fsp3) is 0.500. The second kappa shape index (κ2) is 4.06. The number of aryl methyl sites for hydroxylation is 1. The van der Waals surface area contributed by atoms with Crippen molar-refractivity contribution in [2.45, 2.75) is 27.7 Å².